The summed E-state index contributed by atoms with van der Waals surface area (Å²) >= 11 is 0. The minimum Gasteiger partial charge on any atom is -0.497 e. The van der Waals surface area contributed by atoms with Crippen LogP contribution in [0.4, 0.5) is 5.69 Å². The number of aryl methyl sites for hydroxylation is 1. The Bertz CT molecular complexity index is 561. The molecule has 0 amide bonds. The Labute approximate surface area is 110 Å². The Kier molecular flexibility index (Phi) is 3.91. The number of hydrogen-bond acceptors (Lipinski definition) is 5. The van der Waals surface area contributed by atoms with Crippen molar-refractivity contribution in [2.24, 2.45) is 17.8 Å². The Balaban J connectivity index is 1.93. The number of ether oxygens (including phenoxy) is 1. The molecule has 100 valence electrons. The zero-order valence-electron chi connectivity index (χ0n) is 10.7. The first-order chi connectivity index (χ1) is 9.17. The Morgan fingerprint density at radius 3 is 2.74 bits per heavy atom. The minimum atomic E-state index is 0.281. The molecule has 0 saturated heterocycles. The second-order valence-corrected chi connectivity index (χ2v) is 3.75. The Morgan fingerprint density at radius 2 is 2.16 bits per heavy atom. The number of tetrazole rings is 1. The molecule has 8 heteroatoms. The van der Waals surface area contributed by atoms with Crippen LogP contribution in [-0.4, -0.2) is 33.3 Å². The number of nitrogens with one attached hydrogen (secondary N) is 1. The van der Waals surface area contributed by atoms with Gasteiger partial charge in [0.1, 0.15) is 12.3 Å². The van der Waals surface area contributed by atoms with Gasteiger partial charge in [0.25, 0.3) is 0 Å². The Morgan fingerprint density at radius 1 is 1.42 bits per heavy atom. The number of nitrogens with two attached hydrogens (primary N) is 1. The van der Waals surface area contributed by atoms with E-state index in [0.717, 1.165) is 11.4 Å². The molecule has 0 atom stereocenters. The maximum atomic E-state index is 5.76. The number of rotatable bonds is 4. The van der Waals surface area contributed by atoms with Crippen LogP contribution in [0.1, 0.15) is 5.82 Å². The van der Waals surface area contributed by atoms with E-state index in [1.165, 1.54) is 4.80 Å². The third-order valence-corrected chi connectivity index (χ3v) is 2.30. The predicted molar refractivity (Wildman–Crippen MR) is 70.7 cm³/mol. The molecule has 2 rings (SSSR count). The van der Waals surface area contributed by atoms with E-state index in [0.29, 0.717) is 5.82 Å². The van der Waals surface area contributed by atoms with Crippen molar-refractivity contribution in [3.05, 3.63) is 30.1 Å². The first kappa shape index (κ1) is 12.8. The number of hydrogen-bond donors (Lipinski definition) is 2. The van der Waals surface area contributed by atoms with Gasteiger partial charge in [-0.3, -0.25) is 0 Å². The van der Waals surface area contributed by atoms with Crippen molar-refractivity contribution in [3.8, 4) is 5.75 Å². The van der Waals surface area contributed by atoms with Gasteiger partial charge in [0, 0.05) is 5.69 Å². The first-order valence-electron chi connectivity index (χ1n) is 5.61. The standard InChI is InChI=1S/C11H15N7O/c1-18-16-10(15-17-18)7-13-11(12)14-8-3-5-9(19-2)6-4-8/h3-6H,7H2,1-2H3,(H3,12,13,14). The summed E-state index contributed by atoms with van der Waals surface area (Å²) in [6, 6.07) is 7.36. The lowest BCUT2D eigenvalue weighted by Gasteiger charge is -2.06. The Hall–Kier alpha value is -2.64. The topological polar surface area (TPSA) is 103 Å². The molecule has 0 bridgehead atoms. The average molecular weight is 261 g/mol. The van der Waals surface area contributed by atoms with Gasteiger partial charge in [-0.15, -0.1) is 10.2 Å². The highest BCUT2D eigenvalue weighted by atomic mass is 16.5. The second kappa shape index (κ2) is 5.80. The molecule has 1 aromatic carbocycles. The molecule has 1 heterocycles. The molecule has 0 radical (unpaired) electrons. The molecule has 8 nitrogen and oxygen atoms in total. The smallest absolute Gasteiger partial charge is 0.196 e. The number of guanidine groups is 1. The van der Waals surface area contributed by atoms with Crippen molar-refractivity contribution < 1.29 is 4.74 Å². The quantitative estimate of drug-likeness (QED) is 0.599. The van der Waals surface area contributed by atoms with E-state index in [1.54, 1.807) is 14.2 Å². The van der Waals surface area contributed by atoms with Gasteiger partial charge in [0.15, 0.2) is 11.8 Å². The summed E-state index contributed by atoms with van der Waals surface area (Å²) in [6.45, 7) is 0.281. The SMILES string of the molecule is COc1ccc(NC(N)=NCc2nnn(C)n2)cc1. The highest BCUT2D eigenvalue weighted by Gasteiger charge is 2.00. The van der Waals surface area contributed by atoms with E-state index in [-0.39, 0.29) is 12.5 Å². The van der Waals surface area contributed by atoms with Crippen LogP contribution in [-0.2, 0) is 13.6 Å². The number of benzene rings is 1. The van der Waals surface area contributed by atoms with Crippen LogP contribution in [0.3, 0.4) is 0 Å². The van der Waals surface area contributed by atoms with E-state index in [2.05, 4.69) is 25.7 Å². The van der Waals surface area contributed by atoms with E-state index in [9.17, 15) is 0 Å². The van der Waals surface area contributed by atoms with E-state index in [4.69, 9.17) is 10.5 Å². The molecule has 3 N–H and O–H groups in total. The lowest BCUT2D eigenvalue weighted by molar-refractivity contribution is 0.415. The largest absolute Gasteiger partial charge is 0.497 e. The second-order valence-electron chi connectivity index (χ2n) is 3.75. The highest BCUT2D eigenvalue weighted by molar-refractivity contribution is 5.92. The fourth-order valence-electron chi connectivity index (χ4n) is 1.40. The van der Waals surface area contributed by atoms with Crippen molar-refractivity contribution in [2.75, 3.05) is 12.4 Å². The van der Waals surface area contributed by atoms with Crippen molar-refractivity contribution in [2.45, 2.75) is 6.54 Å². The summed E-state index contributed by atoms with van der Waals surface area (Å²) in [5, 5.41) is 14.5. The molecule has 2 aromatic rings. The number of methoxy groups -OCH3 is 1. The van der Waals surface area contributed by atoms with Crippen LogP contribution < -0.4 is 15.8 Å². The first-order valence-corrected chi connectivity index (χ1v) is 5.61. The van der Waals surface area contributed by atoms with Crippen molar-refractivity contribution in [3.63, 3.8) is 0 Å². The predicted octanol–water partition coefficient (Wildman–Crippen LogP) is 0.145. The van der Waals surface area contributed by atoms with Gasteiger partial charge in [-0.2, -0.15) is 4.80 Å². The fourth-order valence-corrected chi connectivity index (χ4v) is 1.40. The number of nitrogens with zero attached hydrogens (tertiary/aromatic N) is 5. The van der Waals surface area contributed by atoms with Crippen molar-refractivity contribution in [1.29, 1.82) is 0 Å². The maximum absolute atomic E-state index is 5.76. The molecule has 0 saturated carbocycles. The minimum absolute atomic E-state index is 0.281. The molecule has 0 unspecified atom stereocenters. The summed E-state index contributed by atoms with van der Waals surface area (Å²) in [5.74, 6) is 1.59. The van der Waals surface area contributed by atoms with Crippen LogP contribution in [0.15, 0.2) is 29.3 Å². The molecule has 0 aliphatic heterocycles. The third kappa shape index (κ3) is 3.66. The van der Waals surface area contributed by atoms with Gasteiger partial charge < -0.3 is 15.8 Å². The third-order valence-electron chi connectivity index (χ3n) is 2.30. The fraction of sp³-hybridized carbons (Fsp3) is 0.273. The van der Waals surface area contributed by atoms with E-state index in [1.807, 2.05) is 24.3 Å². The van der Waals surface area contributed by atoms with Gasteiger partial charge in [-0.05, 0) is 29.5 Å². The van der Waals surface area contributed by atoms with Crippen LogP contribution in [0.2, 0.25) is 0 Å². The van der Waals surface area contributed by atoms with Crippen molar-refractivity contribution >= 4 is 11.6 Å². The average Bonchev–Trinajstić information content (AvgIpc) is 2.83. The number of aromatic nitrogens is 4. The van der Waals surface area contributed by atoms with Gasteiger partial charge in [-0.25, -0.2) is 4.99 Å². The maximum Gasteiger partial charge on any atom is 0.196 e. The van der Waals surface area contributed by atoms with Crippen LogP contribution in [0, 0.1) is 0 Å². The lowest BCUT2D eigenvalue weighted by Crippen LogP contribution is -2.22. The van der Waals surface area contributed by atoms with Gasteiger partial charge in [0.2, 0.25) is 0 Å². The van der Waals surface area contributed by atoms with Crippen LogP contribution >= 0.6 is 0 Å². The number of anilines is 1. The van der Waals surface area contributed by atoms with Gasteiger partial charge in [0.05, 0.1) is 14.2 Å². The summed E-state index contributed by atoms with van der Waals surface area (Å²) in [4.78, 5) is 5.49. The molecule has 0 aliphatic carbocycles. The van der Waals surface area contributed by atoms with E-state index >= 15 is 0 Å². The summed E-state index contributed by atoms with van der Waals surface area (Å²) in [5.41, 5.74) is 6.58. The zero-order valence-corrected chi connectivity index (χ0v) is 10.7. The monoisotopic (exact) mass is 261 g/mol. The molecule has 0 aliphatic rings. The summed E-state index contributed by atoms with van der Waals surface area (Å²) in [6.07, 6.45) is 0. The number of aliphatic imine (C=N–C) groups is 1. The molecule has 0 fully saturated rings. The molecular formula is C11H15N7O. The zero-order chi connectivity index (χ0) is 13.7. The van der Waals surface area contributed by atoms with E-state index < -0.39 is 0 Å². The van der Waals surface area contributed by atoms with Gasteiger partial charge in [-0.1, -0.05) is 0 Å². The lowest BCUT2D eigenvalue weighted by atomic mass is 10.3. The molecule has 1 aromatic heterocycles. The van der Waals surface area contributed by atoms with Crippen LogP contribution in [0.5, 0.6) is 5.75 Å². The molecular weight excluding hydrogens is 246 g/mol. The molecule has 0 spiro atoms. The van der Waals surface area contributed by atoms with Crippen molar-refractivity contribution in [1.82, 2.24) is 20.2 Å². The van der Waals surface area contributed by atoms with Gasteiger partial charge >= 0.3 is 0 Å². The summed E-state index contributed by atoms with van der Waals surface area (Å²) < 4.78 is 5.07. The molecule has 19 heavy (non-hydrogen) atoms. The summed E-state index contributed by atoms with van der Waals surface area (Å²) in [7, 11) is 3.31. The highest BCUT2D eigenvalue weighted by Crippen LogP contribution is 2.14. The normalized spacial score (nSPS) is 11.4. The van der Waals surface area contributed by atoms with Crippen LogP contribution in [0.25, 0.3) is 0 Å².